The molecular weight excluding hydrogens is 418 g/mol. The molecule has 1 aliphatic carbocycles. The number of nitrogens with zero attached hydrogens (tertiary/aromatic N) is 2. The summed E-state index contributed by atoms with van der Waals surface area (Å²) in [7, 11) is -3.87. The molecule has 8 nitrogen and oxygen atoms in total. The first-order valence-electron chi connectivity index (χ1n) is 10.2. The Balaban J connectivity index is 1.82. The molecule has 2 aromatic rings. The van der Waals surface area contributed by atoms with Crippen LogP contribution < -0.4 is 9.62 Å². The van der Waals surface area contributed by atoms with Crippen LogP contribution in [0.15, 0.2) is 42.5 Å². The van der Waals surface area contributed by atoms with Crippen LogP contribution in [0.2, 0.25) is 0 Å². The van der Waals surface area contributed by atoms with Gasteiger partial charge in [-0.1, -0.05) is 24.3 Å². The number of amides is 1. The van der Waals surface area contributed by atoms with E-state index in [1.54, 1.807) is 0 Å². The zero-order valence-electron chi connectivity index (χ0n) is 17.9. The lowest BCUT2D eigenvalue weighted by Crippen LogP contribution is -2.48. The van der Waals surface area contributed by atoms with Gasteiger partial charge in [-0.25, -0.2) is 8.42 Å². The zero-order chi connectivity index (χ0) is 22.8. The standard InChI is InChI=1S/C22H27N3O5S/c1-15(18-12-11-17-7-4-5-8-19(17)13-18)23-22(26)16(2)24(31(3,29)30)20-9-6-10-21(14-20)25(27)28/h6,9-16H,4-5,7-8H2,1-3H3,(H,23,26). The van der Waals surface area contributed by atoms with Crippen LogP contribution in [0.1, 0.15) is 49.4 Å². The molecule has 1 amide bonds. The Kier molecular flexibility index (Phi) is 6.64. The summed E-state index contributed by atoms with van der Waals surface area (Å²) in [6.07, 6.45) is 5.41. The van der Waals surface area contributed by atoms with Gasteiger partial charge in [0, 0.05) is 12.1 Å². The third-order valence-corrected chi connectivity index (χ3v) is 6.86. The summed E-state index contributed by atoms with van der Waals surface area (Å²) in [6, 6.07) is 10.1. The average molecular weight is 446 g/mol. The first-order valence-corrected chi connectivity index (χ1v) is 12.1. The molecule has 2 atom stereocenters. The van der Waals surface area contributed by atoms with Gasteiger partial charge in [0.1, 0.15) is 6.04 Å². The van der Waals surface area contributed by atoms with Crippen molar-refractivity contribution in [3.63, 3.8) is 0 Å². The second kappa shape index (κ2) is 9.05. The number of nitro benzene ring substituents is 1. The van der Waals surface area contributed by atoms with Crippen molar-refractivity contribution in [3.05, 3.63) is 69.3 Å². The highest BCUT2D eigenvalue weighted by Crippen LogP contribution is 2.27. The molecule has 1 N–H and O–H groups in total. The van der Waals surface area contributed by atoms with Crippen molar-refractivity contribution >= 4 is 27.3 Å². The number of nitro groups is 1. The van der Waals surface area contributed by atoms with Gasteiger partial charge in [0.15, 0.2) is 0 Å². The molecule has 9 heteroatoms. The number of carbonyl (C=O) groups is 1. The number of sulfonamides is 1. The van der Waals surface area contributed by atoms with E-state index >= 15 is 0 Å². The fourth-order valence-corrected chi connectivity index (χ4v) is 5.16. The Bertz CT molecular complexity index is 1100. The lowest BCUT2D eigenvalue weighted by Gasteiger charge is -2.29. The molecule has 0 aromatic heterocycles. The van der Waals surface area contributed by atoms with Gasteiger partial charge >= 0.3 is 0 Å². The Morgan fingerprint density at radius 3 is 2.42 bits per heavy atom. The monoisotopic (exact) mass is 445 g/mol. The van der Waals surface area contributed by atoms with Crippen molar-refractivity contribution in [2.75, 3.05) is 10.6 Å². The molecule has 2 aromatic carbocycles. The smallest absolute Gasteiger partial charge is 0.271 e. The molecule has 0 saturated heterocycles. The number of fused-ring (bicyclic) bond motifs is 1. The quantitative estimate of drug-likeness (QED) is 0.518. The maximum atomic E-state index is 12.9. The topological polar surface area (TPSA) is 110 Å². The van der Waals surface area contributed by atoms with Crippen LogP contribution in [-0.4, -0.2) is 31.5 Å². The van der Waals surface area contributed by atoms with E-state index in [0.29, 0.717) is 0 Å². The number of rotatable bonds is 7. The molecule has 2 unspecified atom stereocenters. The van der Waals surface area contributed by atoms with Crippen molar-refractivity contribution in [3.8, 4) is 0 Å². The van der Waals surface area contributed by atoms with Gasteiger partial charge in [0.2, 0.25) is 15.9 Å². The second-order valence-corrected chi connectivity index (χ2v) is 9.84. The maximum Gasteiger partial charge on any atom is 0.271 e. The molecule has 1 aliphatic rings. The number of hydrogen-bond acceptors (Lipinski definition) is 5. The van der Waals surface area contributed by atoms with Gasteiger partial charge in [0.25, 0.3) is 5.69 Å². The van der Waals surface area contributed by atoms with E-state index in [1.165, 1.54) is 42.7 Å². The Hall–Kier alpha value is -2.94. The SMILES string of the molecule is CC(NC(=O)C(C)N(c1cccc([N+](=O)[O-])c1)S(C)(=O)=O)c1ccc2c(c1)CCCC2. The van der Waals surface area contributed by atoms with Crippen LogP contribution >= 0.6 is 0 Å². The molecular formula is C22H27N3O5S. The minimum Gasteiger partial charge on any atom is -0.348 e. The molecule has 0 spiro atoms. The fourth-order valence-electron chi connectivity index (χ4n) is 3.99. The molecule has 3 rings (SSSR count). The minimum atomic E-state index is -3.87. The number of aryl methyl sites for hydroxylation is 2. The number of carbonyl (C=O) groups excluding carboxylic acids is 1. The summed E-state index contributed by atoms with van der Waals surface area (Å²) < 4.78 is 25.8. The van der Waals surface area contributed by atoms with Crippen molar-refractivity contribution in [2.24, 2.45) is 0 Å². The van der Waals surface area contributed by atoms with Gasteiger partial charge < -0.3 is 5.32 Å². The van der Waals surface area contributed by atoms with Crippen molar-refractivity contribution in [2.45, 2.75) is 51.6 Å². The van der Waals surface area contributed by atoms with E-state index in [-0.39, 0.29) is 17.4 Å². The molecule has 0 aliphatic heterocycles. The molecule has 0 heterocycles. The normalized spacial score (nSPS) is 15.5. The van der Waals surface area contributed by atoms with E-state index in [2.05, 4.69) is 17.4 Å². The van der Waals surface area contributed by atoms with Crippen LogP contribution in [0.4, 0.5) is 11.4 Å². The molecule has 0 bridgehead atoms. The van der Waals surface area contributed by atoms with Crippen molar-refractivity contribution < 1.29 is 18.1 Å². The number of non-ortho nitro benzene ring substituents is 1. The summed E-state index contributed by atoms with van der Waals surface area (Å²) in [4.78, 5) is 23.4. The predicted octanol–water partition coefficient (Wildman–Crippen LogP) is 3.51. The highest BCUT2D eigenvalue weighted by atomic mass is 32.2. The summed E-state index contributed by atoms with van der Waals surface area (Å²) in [5.41, 5.74) is 3.42. The highest BCUT2D eigenvalue weighted by molar-refractivity contribution is 7.92. The third kappa shape index (κ3) is 5.22. The third-order valence-electron chi connectivity index (χ3n) is 5.61. The summed E-state index contributed by atoms with van der Waals surface area (Å²) in [6.45, 7) is 3.32. The highest BCUT2D eigenvalue weighted by Gasteiger charge is 2.31. The summed E-state index contributed by atoms with van der Waals surface area (Å²) >= 11 is 0. The average Bonchev–Trinajstić information content (AvgIpc) is 2.72. The van der Waals surface area contributed by atoms with Crippen molar-refractivity contribution in [1.29, 1.82) is 0 Å². The van der Waals surface area contributed by atoms with Crippen LogP contribution in [0.5, 0.6) is 0 Å². The number of hydrogen-bond donors (Lipinski definition) is 1. The van der Waals surface area contributed by atoms with Gasteiger partial charge in [0.05, 0.1) is 22.9 Å². The first-order chi connectivity index (χ1) is 14.6. The van der Waals surface area contributed by atoms with Crippen LogP contribution in [-0.2, 0) is 27.7 Å². The van der Waals surface area contributed by atoms with Crippen LogP contribution in [0.3, 0.4) is 0 Å². The van der Waals surface area contributed by atoms with Gasteiger partial charge in [-0.05, 0) is 62.3 Å². The zero-order valence-corrected chi connectivity index (χ0v) is 18.7. The Morgan fingerprint density at radius 1 is 1.10 bits per heavy atom. The summed E-state index contributed by atoms with van der Waals surface area (Å²) in [5.74, 6) is -0.484. The molecule has 166 valence electrons. The van der Waals surface area contributed by atoms with Gasteiger partial charge in [-0.3, -0.25) is 19.2 Å². The Labute approximate surface area is 182 Å². The number of benzene rings is 2. The van der Waals surface area contributed by atoms with E-state index in [4.69, 9.17) is 0 Å². The first kappa shape index (κ1) is 22.7. The minimum absolute atomic E-state index is 0.0702. The predicted molar refractivity (Wildman–Crippen MR) is 120 cm³/mol. The van der Waals surface area contributed by atoms with Crippen LogP contribution in [0.25, 0.3) is 0 Å². The number of nitrogens with one attached hydrogen (secondary N) is 1. The van der Waals surface area contributed by atoms with Crippen molar-refractivity contribution in [1.82, 2.24) is 5.32 Å². The molecule has 0 radical (unpaired) electrons. The van der Waals surface area contributed by atoms with E-state index in [1.807, 2.05) is 13.0 Å². The fraction of sp³-hybridized carbons (Fsp3) is 0.409. The lowest BCUT2D eigenvalue weighted by molar-refractivity contribution is -0.384. The van der Waals surface area contributed by atoms with E-state index in [9.17, 15) is 23.3 Å². The molecule has 0 fully saturated rings. The second-order valence-electron chi connectivity index (χ2n) is 7.98. The molecule has 31 heavy (non-hydrogen) atoms. The Morgan fingerprint density at radius 2 is 1.77 bits per heavy atom. The molecule has 0 saturated carbocycles. The summed E-state index contributed by atoms with van der Waals surface area (Å²) in [5, 5.41) is 14.0. The van der Waals surface area contributed by atoms with Gasteiger partial charge in [-0.15, -0.1) is 0 Å². The lowest BCUT2D eigenvalue weighted by atomic mass is 9.89. The maximum absolute atomic E-state index is 12.9. The van der Waals surface area contributed by atoms with Gasteiger partial charge in [-0.2, -0.15) is 0 Å². The van der Waals surface area contributed by atoms with Crippen LogP contribution in [0, 0.1) is 10.1 Å². The van der Waals surface area contributed by atoms with E-state index < -0.39 is 26.9 Å². The largest absolute Gasteiger partial charge is 0.348 e. The number of anilines is 1. The van der Waals surface area contributed by atoms with E-state index in [0.717, 1.165) is 41.5 Å².